The second-order valence-electron chi connectivity index (χ2n) is 7.82. The minimum Gasteiger partial charge on any atom is -0.454 e. The van der Waals surface area contributed by atoms with Crippen LogP contribution in [0.1, 0.15) is 50.5 Å². The largest absolute Gasteiger partial charge is 0.454 e. The molecule has 0 fully saturated rings. The quantitative estimate of drug-likeness (QED) is 0.290. The molecule has 2 amide bonds. The lowest BCUT2D eigenvalue weighted by Crippen LogP contribution is -2.18. The van der Waals surface area contributed by atoms with Crippen LogP contribution >= 0.6 is 11.6 Å². The van der Waals surface area contributed by atoms with Gasteiger partial charge in [-0.3, -0.25) is 19.3 Å². The van der Waals surface area contributed by atoms with E-state index in [1.165, 1.54) is 6.20 Å². The maximum absolute atomic E-state index is 12.5. The van der Waals surface area contributed by atoms with Crippen LogP contribution in [0.25, 0.3) is 0 Å². The van der Waals surface area contributed by atoms with E-state index in [4.69, 9.17) is 16.0 Å². The average molecular weight is 491 g/mol. The SMILES string of the molecule is CC(=NNC(=O)c1ccc(Cn2nc(C)c(Cl)c2C)o1)c1ccc(NC(=O)c2cccnc2)cc1. The van der Waals surface area contributed by atoms with Crippen molar-refractivity contribution in [1.29, 1.82) is 0 Å². The Hall–Kier alpha value is -4.24. The molecule has 3 aromatic heterocycles. The third-order valence-electron chi connectivity index (χ3n) is 5.29. The normalized spacial score (nSPS) is 11.4. The fraction of sp³-hybridized carbons (Fsp3) is 0.160. The topological polar surface area (TPSA) is 114 Å². The van der Waals surface area contributed by atoms with Crippen LogP contribution in [0.3, 0.4) is 0 Å². The Balaban J connectivity index is 1.35. The number of aryl methyl sites for hydroxylation is 1. The molecule has 0 saturated carbocycles. The molecule has 35 heavy (non-hydrogen) atoms. The van der Waals surface area contributed by atoms with Gasteiger partial charge in [-0.05, 0) is 62.7 Å². The summed E-state index contributed by atoms with van der Waals surface area (Å²) in [5.41, 5.74) is 6.54. The Morgan fingerprint density at radius 1 is 1.06 bits per heavy atom. The Morgan fingerprint density at radius 2 is 1.83 bits per heavy atom. The minimum atomic E-state index is -0.470. The number of hydrogen-bond acceptors (Lipinski definition) is 6. The van der Waals surface area contributed by atoms with E-state index in [0.29, 0.717) is 34.3 Å². The van der Waals surface area contributed by atoms with E-state index in [-0.39, 0.29) is 11.7 Å². The van der Waals surface area contributed by atoms with Crippen LogP contribution in [0.4, 0.5) is 5.69 Å². The Morgan fingerprint density at radius 3 is 2.49 bits per heavy atom. The van der Waals surface area contributed by atoms with E-state index < -0.39 is 5.91 Å². The number of halogens is 1. The summed E-state index contributed by atoms with van der Waals surface area (Å²) in [7, 11) is 0. The van der Waals surface area contributed by atoms with Crippen molar-refractivity contribution < 1.29 is 14.0 Å². The number of furan rings is 1. The molecule has 10 heteroatoms. The zero-order valence-corrected chi connectivity index (χ0v) is 20.1. The van der Waals surface area contributed by atoms with Gasteiger partial charge >= 0.3 is 5.91 Å². The zero-order valence-electron chi connectivity index (χ0n) is 19.4. The third-order valence-corrected chi connectivity index (χ3v) is 5.84. The Labute approximate surface area is 206 Å². The van der Waals surface area contributed by atoms with Gasteiger partial charge in [-0.25, -0.2) is 5.43 Å². The molecule has 4 aromatic rings. The number of nitrogens with one attached hydrogen (secondary N) is 2. The summed E-state index contributed by atoms with van der Waals surface area (Å²) in [5.74, 6) is -0.00991. The first-order valence-corrected chi connectivity index (χ1v) is 11.1. The molecule has 0 aliphatic heterocycles. The molecule has 0 aliphatic rings. The molecule has 4 rings (SSSR count). The lowest BCUT2D eigenvalue weighted by molar-refractivity contribution is 0.0924. The van der Waals surface area contributed by atoms with Crippen molar-refractivity contribution >= 4 is 34.8 Å². The van der Waals surface area contributed by atoms with Crippen molar-refractivity contribution in [2.75, 3.05) is 5.32 Å². The minimum absolute atomic E-state index is 0.137. The standard InChI is InChI=1S/C25H23ClN6O3/c1-15(18-6-8-20(9-7-18)28-24(33)19-5-4-12-27-13-19)29-30-25(34)22-11-10-21(35-22)14-32-17(3)23(26)16(2)31-32/h4-13H,14H2,1-3H3,(H,28,33)(H,30,34). The molecule has 0 spiro atoms. The van der Waals surface area contributed by atoms with Gasteiger partial charge in [0.2, 0.25) is 0 Å². The summed E-state index contributed by atoms with van der Waals surface area (Å²) in [6.07, 6.45) is 3.11. The molecule has 9 nitrogen and oxygen atoms in total. The molecular weight excluding hydrogens is 468 g/mol. The number of carbonyl (C=O) groups is 2. The first kappa shape index (κ1) is 23.9. The van der Waals surface area contributed by atoms with Crippen LogP contribution in [-0.4, -0.2) is 32.3 Å². The molecule has 0 unspecified atom stereocenters. The number of carbonyl (C=O) groups excluding carboxylic acids is 2. The second-order valence-corrected chi connectivity index (χ2v) is 8.20. The van der Waals surface area contributed by atoms with Crippen molar-refractivity contribution in [3.05, 3.63) is 100.0 Å². The first-order chi connectivity index (χ1) is 16.8. The zero-order chi connectivity index (χ0) is 24.9. The van der Waals surface area contributed by atoms with Gasteiger partial charge in [0.05, 0.1) is 34.2 Å². The van der Waals surface area contributed by atoms with E-state index in [9.17, 15) is 9.59 Å². The molecule has 1 aromatic carbocycles. The van der Waals surface area contributed by atoms with Crippen LogP contribution < -0.4 is 10.7 Å². The van der Waals surface area contributed by atoms with Crippen molar-refractivity contribution in [1.82, 2.24) is 20.2 Å². The van der Waals surface area contributed by atoms with Crippen LogP contribution in [0.2, 0.25) is 5.02 Å². The fourth-order valence-electron chi connectivity index (χ4n) is 3.31. The summed E-state index contributed by atoms with van der Waals surface area (Å²) in [6.45, 7) is 5.83. The van der Waals surface area contributed by atoms with E-state index >= 15 is 0 Å². The number of pyridine rings is 1. The van der Waals surface area contributed by atoms with E-state index in [2.05, 4.69) is 25.9 Å². The highest BCUT2D eigenvalue weighted by atomic mass is 35.5. The number of anilines is 1. The molecule has 0 atom stereocenters. The highest BCUT2D eigenvalue weighted by Gasteiger charge is 2.14. The summed E-state index contributed by atoms with van der Waals surface area (Å²) in [5, 5.41) is 11.9. The number of benzene rings is 1. The second kappa shape index (κ2) is 10.4. The first-order valence-electron chi connectivity index (χ1n) is 10.8. The van der Waals surface area contributed by atoms with E-state index in [0.717, 1.165) is 17.0 Å². The van der Waals surface area contributed by atoms with Gasteiger partial charge < -0.3 is 9.73 Å². The van der Waals surface area contributed by atoms with Crippen molar-refractivity contribution in [3.63, 3.8) is 0 Å². The van der Waals surface area contributed by atoms with Crippen molar-refractivity contribution in [2.24, 2.45) is 5.10 Å². The Bertz CT molecular complexity index is 1390. The highest BCUT2D eigenvalue weighted by Crippen LogP contribution is 2.20. The van der Waals surface area contributed by atoms with Gasteiger partial charge in [-0.15, -0.1) is 0 Å². The fourth-order valence-corrected chi connectivity index (χ4v) is 3.45. The summed E-state index contributed by atoms with van der Waals surface area (Å²) in [4.78, 5) is 28.7. The average Bonchev–Trinajstić information content (AvgIpc) is 3.44. The van der Waals surface area contributed by atoms with Crippen molar-refractivity contribution in [3.8, 4) is 0 Å². The number of hydrogen-bond donors (Lipinski definition) is 2. The number of amides is 2. The van der Waals surface area contributed by atoms with Gasteiger partial charge in [0.1, 0.15) is 5.76 Å². The summed E-state index contributed by atoms with van der Waals surface area (Å²) in [6, 6.07) is 13.8. The predicted molar refractivity (Wildman–Crippen MR) is 133 cm³/mol. The van der Waals surface area contributed by atoms with Crippen LogP contribution in [0.5, 0.6) is 0 Å². The molecule has 2 N–H and O–H groups in total. The number of nitrogens with zero attached hydrogens (tertiary/aromatic N) is 4. The van der Waals surface area contributed by atoms with Crippen LogP contribution in [-0.2, 0) is 6.54 Å². The maximum Gasteiger partial charge on any atom is 0.307 e. The molecule has 0 bridgehead atoms. The lowest BCUT2D eigenvalue weighted by atomic mass is 10.1. The molecule has 0 radical (unpaired) electrons. The molecule has 178 valence electrons. The lowest BCUT2D eigenvalue weighted by Gasteiger charge is -2.07. The summed E-state index contributed by atoms with van der Waals surface area (Å²) >= 11 is 6.18. The predicted octanol–water partition coefficient (Wildman–Crippen LogP) is 4.60. The summed E-state index contributed by atoms with van der Waals surface area (Å²) < 4.78 is 7.38. The molecule has 0 saturated heterocycles. The van der Waals surface area contributed by atoms with Gasteiger partial charge in [0, 0.05) is 18.1 Å². The highest BCUT2D eigenvalue weighted by molar-refractivity contribution is 6.31. The van der Waals surface area contributed by atoms with Gasteiger partial charge in [0.15, 0.2) is 5.76 Å². The Kier molecular flexibility index (Phi) is 7.07. The van der Waals surface area contributed by atoms with E-state index in [1.807, 2.05) is 13.8 Å². The van der Waals surface area contributed by atoms with Crippen LogP contribution in [0, 0.1) is 13.8 Å². The number of hydrazone groups is 1. The van der Waals surface area contributed by atoms with Gasteiger partial charge in [-0.2, -0.15) is 10.2 Å². The van der Waals surface area contributed by atoms with Gasteiger partial charge in [-0.1, -0.05) is 23.7 Å². The van der Waals surface area contributed by atoms with Crippen LogP contribution in [0.15, 0.2) is 70.4 Å². The maximum atomic E-state index is 12.5. The molecule has 3 heterocycles. The molecular formula is C25H23ClN6O3. The van der Waals surface area contributed by atoms with E-state index in [1.54, 1.807) is 66.3 Å². The van der Waals surface area contributed by atoms with Crippen molar-refractivity contribution in [2.45, 2.75) is 27.3 Å². The smallest absolute Gasteiger partial charge is 0.307 e. The molecule has 0 aliphatic carbocycles. The third kappa shape index (κ3) is 5.64. The number of aromatic nitrogens is 3. The number of rotatable bonds is 7. The van der Waals surface area contributed by atoms with Gasteiger partial charge in [0.25, 0.3) is 5.91 Å². The monoisotopic (exact) mass is 490 g/mol.